The van der Waals surface area contributed by atoms with E-state index in [2.05, 4.69) is 15.5 Å². The molecule has 0 saturated carbocycles. The van der Waals surface area contributed by atoms with Crippen LogP contribution in [0.5, 0.6) is 0 Å². The molecule has 0 radical (unpaired) electrons. The minimum atomic E-state index is -0.198. The highest BCUT2D eigenvalue weighted by atomic mass is 16.5. The molecule has 0 saturated heterocycles. The molecule has 0 aromatic rings. The molecule has 0 aromatic heterocycles. The lowest BCUT2D eigenvalue weighted by Crippen LogP contribution is -2.38. The Balaban J connectivity index is 3.18. The van der Waals surface area contributed by atoms with Crippen LogP contribution in [0.1, 0.15) is 6.42 Å². The highest BCUT2D eigenvalue weighted by molar-refractivity contribution is 5.73. The Morgan fingerprint density at radius 1 is 1.25 bits per heavy atom. The summed E-state index contributed by atoms with van der Waals surface area (Å²) in [6.07, 6.45) is 0.935. The zero-order chi connectivity index (χ0) is 12.2. The van der Waals surface area contributed by atoms with Crippen LogP contribution >= 0.6 is 0 Å². The lowest BCUT2D eigenvalue weighted by atomic mass is 10.4. The van der Waals surface area contributed by atoms with Crippen molar-refractivity contribution in [3.05, 3.63) is 0 Å². The summed E-state index contributed by atoms with van der Waals surface area (Å²) in [7, 11) is 5.61. The molecule has 0 aliphatic carbocycles. The molecule has 0 spiro atoms. The first kappa shape index (κ1) is 15.2. The van der Waals surface area contributed by atoms with E-state index in [1.165, 1.54) is 0 Å². The topological polar surface area (TPSA) is 62.8 Å². The zero-order valence-corrected chi connectivity index (χ0v) is 10.4. The van der Waals surface area contributed by atoms with Gasteiger partial charge in [0, 0.05) is 13.7 Å². The van der Waals surface area contributed by atoms with Gasteiger partial charge in [0.25, 0.3) is 0 Å². The number of nitrogens with one attached hydrogen (secondary N) is 2. The molecule has 96 valence electrons. The molecule has 6 heteroatoms. The van der Waals surface area contributed by atoms with Crippen LogP contribution in [0, 0.1) is 0 Å². The SMILES string of the molecule is COCCOCNC(=O)NCCCN(C)C. The van der Waals surface area contributed by atoms with Crippen molar-refractivity contribution >= 4 is 6.03 Å². The number of nitrogens with zero attached hydrogens (tertiary/aromatic N) is 1. The summed E-state index contributed by atoms with van der Waals surface area (Å²) in [5, 5.41) is 5.33. The number of hydrogen-bond acceptors (Lipinski definition) is 4. The maximum atomic E-state index is 11.2. The Morgan fingerprint density at radius 3 is 2.62 bits per heavy atom. The number of rotatable bonds is 9. The fraction of sp³-hybridized carbons (Fsp3) is 0.900. The van der Waals surface area contributed by atoms with E-state index in [9.17, 15) is 4.79 Å². The third-order valence-corrected chi connectivity index (χ3v) is 1.83. The van der Waals surface area contributed by atoms with Gasteiger partial charge in [0.2, 0.25) is 0 Å². The second-order valence-corrected chi connectivity index (χ2v) is 3.63. The molecule has 0 atom stereocenters. The highest BCUT2D eigenvalue weighted by Gasteiger charge is 1.98. The first-order valence-corrected chi connectivity index (χ1v) is 5.40. The molecular formula is C10H23N3O3. The van der Waals surface area contributed by atoms with Gasteiger partial charge in [-0.05, 0) is 27.1 Å². The monoisotopic (exact) mass is 233 g/mol. The van der Waals surface area contributed by atoms with Crippen LogP contribution in [-0.4, -0.2) is 65.2 Å². The summed E-state index contributed by atoms with van der Waals surface area (Å²) in [4.78, 5) is 13.3. The minimum Gasteiger partial charge on any atom is -0.382 e. The second-order valence-electron chi connectivity index (χ2n) is 3.63. The molecule has 2 amide bonds. The summed E-state index contributed by atoms with van der Waals surface area (Å²) in [6.45, 7) is 2.86. The second kappa shape index (κ2) is 10.7. The van der Waals surface area contributed by atoms with Crippen LogP contribution in [0.25, 0.3) is 0 Å². The average Bonchev–Trinajstić information content (AvgIpc) is 2.24. The van der Waals surface area contributed by atoms with Crippen molar-refractivity contribution in [2.75, 3.05) is 54.2 Å². The largest absolute Gasteiger partial charge is 0.382 e. The van der Waals surface area contributed by atoms with Gasteiger partial charge >= 0.3 is 6.03 Å². The fourth-order valence-corrected chi connectivity index (χ4v) is 0.991. The molecular weight excluding hydrogens is 210 g/mol. The predicted molar refractivity (Wildman–Crippen MR) is 62.4 cm³/mol. The maximum absolute atomic E-state index is 11.2. The molecule has 16 heavy (non-hydrogen) atoms. The van der Waals surface area contributed by atoms with Gasteiger partial charge in [-0.25, -0.2) is 4.79 Å². The number of carbonyl (C=O) groups is 1. The number of hydrogen-bond donors (Lipinski definition) is 2. The first-order chi connectivity index (χ1) is 7.66. The lowest BCUT2D eigenvalue weighted by Gasteiger charge is -2.10. The van der Waals surface area contributed by atoms with Crippen LogP contribution in [0.4, 0.5) is 4.79 Å². The van der Waals surface area contributed by atoms with E-state index in [4.69, 9.17) is 9.47 Å². The van der Waals surface area contributed by atoms with Gasteiger partial charge in [0.05, 0.1) is 13.2 Å². The van der Waals surface area contributed by atoms with E-state index in [1.54, 1.807) is 7.11 Å². The summed E-state index contributed by atoms with van der Waals surface area (Å²) in [5.41, 5.74) is 0. The Kier molecular flexibility index (Phi) is 10.1. The molecule has 0 aromatic carbocycles. The first-order valence-electron chi connectivity index (χ1n) is 5.40. The number of methoxy groups -OCH3 is 1. The van der Waals surface area contributed by atoms with Crippen molar-refractivity contribution in [3.8, 4) is 0 Å². The van der Waals surface area contributed by atoms with Crippen molar-refractivity contribution < 1.29 is 14.3 Å². The third kappa shape index (κ3) is 11.2. The number of urea groups is 1. The van der Waals surface area contributed by atoms with Crippen molar-refractivity contribution in [2.24, 2.45) is 0 Å². The predicted octanol–water partition coefficient (Wildman–Crippen LogP) is -0.142. The van der Waals surface area contributed by atoms with Gasteiger partial charge in [0.1, 0.15) is 6.73 Å². The summed E-state index contributed by atoms with van der Waals surface area (Å²) in [6, 6.07) is -0.198. The van der Waals surface area contributed by atoms with E-state index >= 15 is 0 Å². The average molecular weight is 233 g/mol. The van der Waals surface area contributed by atoms with Gasteiger partial charge in [-0.3, -0.25) is 0 Å². The van der Waals surface area contributed by atoms with Crippen molar-refractivity contribution in [3.63, 3.8) is 0 Å². The van der Waals surface area contributed by atoms with E-state index < -0.39 is 0 Å². The quantitative estimate of drug-likeness (QED) is 0.430. The summed E-state index contributed by atoms with van der Waals surface area (Å²) >= 11 is 0. The molecule has 0 heterocycles. The molecule has 6 nitrogen and oxygen atoms in total. The minimum absolute atomic E-state index is 0.198. The van der Waals surface area contributed by atoms with Crippen molar-refractivity contribution in [1.82, 2.24) is 15.5 Å². The Hall–Kier alpha value is -0.850. The standard InChI is InChI=1S/C10H23N3O3/c1-13(2)6-4-5-11-10(14)12-9-16-8-7-15-3/h4-9H2,1-3H3,(H2,11,12,14). The van der Waals surface area contributed by atoms with Gasteiger partial charge in [-0.1, -0.05) is 0 Å². The Bertz CT molecular complexity index is 177. The van der Waals surface area contributed by atoms with E-state index in [1.807, 2.05) is 14.1 Å². The molecule has 0 unspecified atom stereocenters. The maximum Gasteiger partial charge on any atom is 0.316 e. The summed E-state index contributed by atoms with van der Waals surface area (Å²) in [5.74, 6) is 0. The third-order valence-electron chi connectivity index (χ3n) is 1.83. The van der Waals surface area contributed by atoms with Crippen LogP contribution in [0.2, 0.25) is 0 Å². The van der Waals surface area contributed by atoms with Crippen LogP contribution in [0.15, 0.2) is 0 Å². The molecule has 0 bridgehead atoms. The van der Waals surface area contributed by atoms with Crippen molar-refractivity contribution in [2.45, 2.75) is 6.42 Å². The number of amides is 2. The van der Waals surface area contributed by atoms with Gasteiger partial charge in [-0.15, -0.1) is 0 Å². The Morgan fingerprint density at radius 2 is 2.00 bits per heavy atom. The molecule has 0 aliphatic rings. The Labute approximate surface area is 97.3 Å². The van der Waals surface area contributed by atoms with E-state index in [-0.39, 0.29) is 12.8 Å². The summed E-state index contributed by atoms with van der Waals surface area (Å²) < 4.78 is 9.88. The number of ether oxygens (including phenoxy) is 2. The lowest BCUT2D eigenvalue weighted by molar-refractivity contribution is 0.0642. The zero-order valence-electron chi connectivity index (χ0n) is 10.4. The molecule has 0 fully saturated rings. The smallest absolute Gasteiger partial charge is 0.316 e. The normalized spacial score (nSPS) is 10.5. The van der Waals surface area contributed by atoms with Crippen LogP contribution in [0.3, 0.4) is 0 Å². The molecule has 2 N–H and O–H groups in total. The van der Waals surface area contributed by atoms with Gasteiger partial charge < -0.3 is 25.0 Å². The van der Waals surface area contributed by atoms with Gasteiger partial charge in [-0.2, -0.15) is 0 Å². The highest BCUT2D eigenvalue weighted by Crippen LogP contribution is 1.80. The van der Waals surface area contributed by atoms with Crippen LogP contribution in [-0.2, 0) is 9.47 Å². The molecule has 0 aliphatic heterocycles. The van der Waals surface area contributed by atoms with Gasteiger partial charge in [0.15, 0.2) is 0 Å². The van der Waals surface area contributed by atoms with E-state index in [0.29, 0.717) is 19.8 Å². The van der Waals surface area contributed by atoms with Crippen LogP contribution < -0.4 is 10.6 Å². The van der Waals surface area contributed by atoms with E-state index in [0.717, 1.165) is 13.0 Å². The van der Waals surface area contributed by atoms with Crippen molar-refractivity contribution in [1.29, 1.82) is 0 Å². The molecule has 0 rings (SSSR count). The number of carbonyl (C=O) groups excluding carboxylic acids is 1. The fourth-order valence-electron chi connectivity index (χ4n) is 0.991.